The van der Waals surface area contributed by atoms with Crippen molar-refractivity contribution in [3.05, 3.63) is 63.2 Å². The molecule has 0 saturated heterocycles. The molecule has 0 fully saturated rings. The molecule has 0 aliphatic carbocycles. The Morgan fingerprint density at radius 1 is 1.05 bits per heavy atom. The Bertz CT molecular complexity index is 749. The van der Waals surface area contributed by atoms with Crippen LogP contribution in [0.15, 0.2) is 42.5 Å². The Balaban J connectivity index is 1.89. The summed E-state index contributed by atoms with van der Waals surface area (Å²) in [5, 5.41) is 5.12. The quantitative estimate of drug-likeness (QED) is 0.626. The van der Waals surface area contributed by atoms with E-state index in [1.807, 2.05) is 24.3 Å². The van der Waals surface area contributed by atoms with Crippen LogP contribution >= 0.6 is 34.5 Å². The van der Waals surface area contributed by atoms with Crippen molar-refractivity contribution >= 4 is 50.3 Å². The van der Waals surface area contributed by atoms with Crippen molar-refractivity contribution in [2.24, 2.45) is 0 Å². The number of thiophene rings is 1. The molecule has 1 heterocycles. The second-order valence-electron chi connectivity index (χ2n) is 4.29. The van der Waals surface area contributed by atoms with Gasteiger partial charge in [-0.2, -0.15) is 0 Å². The van der Waals surface area contributed by atoms with Crippen LogP contribution < -0.4 is 5.32 Å². The first kappa shape index (κ1) is 13.7. The summed E-state index contributed by atoms with van der Waals surface area (Å²) >= 11 is 13.9. The van der Waals surface area contributed by atoms with Crippen molar-refractivity contribution in [1.29, 1.82) is 0 Å². The Hall–Kier alpha value is -1.29. The van der Waals surface area contributed by atoms with Crippen molar-refractivity contribution in [3.63, 3.8) is 0 Å². The van der Waals surface area contributed by atoms with Gasteiger partial charge in [-0.3, -0.25) is 0 Å². The highest BCUT2D eigenvalue weighted by Crippen LogP contribution is 2.36. The van der Waals surface area contributed by atoms with E-state index < -0.39 is 0 Å². The second kappa shape index (κ2) is 5.60. The minimum atomic E-state index is -0.366. The number of fused-ring (bicyclic) bond motifs is 1. The van der Waals surface area contributed by atoms with Gasteiger partial charge in [0.15, 0.2) is 0 Å². The molecule has 1 aromatic heterocycles. The Morgan fingerprint density at radius 2 is 1.85 bits per heavy atom. The molecule has 0 atom stereocenters. The van der Waals surface area contributed by atoms with E-state index >= 15 is 0 Å². The third kappa shape index (κ3) is 2.49. The summed E-state index contributed by atoms with van der Waals surface area (Å²) < 4.78 is 14.8. The van der Waals surface area contributed by atoms with Crippen LogP contribution in [0, 0.1) is 5.82 Å². The van der Waals surface area contributed by atoms with Gasteiger partial charge in [-0.25, -0.2) is 4.39 Å². The topological polar surface area (TPSA) is 12.0 Å². The van der Waals surface area contributed by atoms with Gasteiger partial charge < -0.3 is 5.32 Å². The standard InChI is InChI=1S/C15H10Cl2FNS/c16-10-5-3-6-11(18)15(10)19-8-13-14(17)9-4-1-2-7-12(9)20-13/h1-7,19H,8H2. The molecule has 0 aliphatic heterocycles. The first-order chi connectivity index (χ1) is 9.66. The van der Waals surface area contributed by atoms with Crippen LogP contribution in [0.2, 0.25) is 10.0 Å². The third-order valence-electron chi connectivity index (χ3n) is 2.99. The summed E-state index contributed by atoms with van der Waals surface area (Å²) in [4.78, 5) is 0.965. The highest BCUT2D eigenvalue weighted by Gasteiger charge is 2.11. The summed E-state index contributed by atoms with van der Waals surface area (Å²) in [6.07, 6.45) is 0. The summed E-state index contributed by atoms with van der Waals surface area (Å²) in [5.74, 6) is -0.366. The molecule has 0 radical (unpaired) electrons. The number of hydrogen-bond acceptors (Lipinski definition) is 2. The molecule has 0 spiro atoms. The van der Waals surface area contributed by atoms with Crippen LogP contribution in [-0.2, 0) is 6.54 Å². The van der Waals surface area contributed by atoms with Crippen molar-refractivity contribution in [2.45, 2.75) is 6.54 Å². The first-order valence-electron chi connectivity index (χ1n) is 6.00. The van der Waals surface area contributed by atoms with Crippen LogP contribution in [0.4, 0.5) is 10.1 Å². The monoisotopic (exact) mass is 325 g/mol. The Labute approximate surface area is 129 Å². The number of hydrogen-bond donors (Lipinski definition) is 1. The zero-order valence-corrected chi connectivity index (χ0v) is 12.6. The highest BCUT2D eigenvalue weighted by atomic mass is 35.5. The number of nitrogens with one attached hydrogen (secondary N) is 1. The molecule has 3 aromatic rings. The van der Waals surface area contributed by atoms with Crippen molar-refractivity contribution < 1.29 is 4.39 Å². The van der Waals surface area contributed by atoms with Gasteiger partial charge in [0.25, 0.3) is 0 Å². The molecule has 0 bridgehead atoms. The van der Waals surface area contributed by atoms with Crippen LogP contribution in [0.5, 0.6) is 0 Å². The van der Waals surface area contributed by atoms with Gasteiger partial charge >= 0.3 is 0 Å². The number of benzene rings is 2. The van der Waals surface area contributed by atoms with Gasteiger partial charge in [-0.1, -0.05) is 47.5 Å². The lowest BCUT2D eigenvalue weighted by Gasteiger charge is -2.08. The van der Waals surface area contributed by atoms with Crippen LogP contribution in [0.1, 0.15) is 4.88 Å². The maximum absolute atomic E-state index is 13.7. The fourth-order valence-electron chi connectivity index (χ4n) is 2.01. The first-order valence-corrected chi connectivity index (χ1v) is 7.58. The van der Waals surface area contributed by atoms with Crippen LogP contribution in [-0.4, -0.2) is 0 Å². The Morgan fingerprint density at radius 3 is 2.60 bits per heavy atom. The number of para-hydroxylation sites is 1. The predicted octanol–water partition coefficient (Wildman–Crippen LogP) is 5.96. The SMILES string of the molecule is Fc1cccc(Cl)c1NCc1sc2ccccc2c1Cl. The molecule has 1 nitrogen and oxygen atoms in total. The molecule has 0 saturated carbocycles. The summed E-state index contributed by atoms with van der Waals surface area (Å²) in [6.45, 7) is 0.443. The third-order valence-corrected chi connectivity index (χ3v) is 5.02. The molecule has 5 heteroatoms. The van der Waals surface area contributed by atoms with Crippen molar-refractivity contribution in [2.75, 3.05) is 5.32 Å². The highest BCUT2D eigenvalue weighted by molar-refractivity contribution is 7.19. The van der Waals surface area contributed by atoms with E-state index in [0.717, 1.165) is 15.0 Å². The van der Waals surface area contributed by atoms with Gasteiger partial charge in [0.1, 0.15) is 5.82 Å². The van der Waals surface area contributed by atoms with E-state index in [1.165, 1.54) is 6.07 Å². The minimum absolute atomic E-state index is 0.308. The molecule has 0 unspecified atom stereocenters. The van der Waals surface area contributed by atoms with E-state index in [1.54, 1.807) is 23.5 Å². The average Bonchev–Trinajstić information content (AvgIpc) is 2.76. The fourth-order valence-corrected chi connectivity index (χ4v) is 3.68. The summed E-state index contributed by atoms with van der Waals surface area (Å²) in [6, 6.07) is 12.5. The lowest BCUT2D eigenvalue weighted by atomic mass is 10.2. The van der Waals surface area contributed by atoms with Crippen LogP contribution in [0.25, 0.3) is 10.1 Å². The largest absolute Gasteiger partial charge is 0.377 e. The van der Waals surface area contributed by atoms with Crippen molar-refractivity contribution in [3.8, 4) is 0 Å². The molecule has 0 aliphatic rings. The number of halogens is 3. The predicted molar refractivity (Wildman–Crippen MR) is 85.6 cm³/mol. The van der Waals surface area contributed by atoms with E-state index in [2.05, 4.69) is 5.32 Å². The van der Waals surface area contributed by atoms with Crippen molar-refractivity contribution in [1.82, 2.24) is 0 Å². The fraction of sp³-hybridized carbons (Fsp3) is 0.0667. The van der Waals surface area contributed by atoms with Gasteiger partial charge in [-0.15, -0.1) is 11.3 Å². The smallest absolute Gasteiger partial charge is 0.147 e. The molecule has 102 valence electrons. The molecular formula is C15H10Cl2FNS. The van der Waals surface area contributed by atoms with Gasteiger partial charge in [-0.05, 0) is 18.2 Å². The number of rotatable bonds is 3. The second-order valence-corrected chi connectivity index (χ2v) is 6.21. The van der Waals surface area contributed by atoms with E-state index in [-0.39, 0.29) is 5.82 Å². The summed E-state index contributed by atoms with van der Waals surface area (Å²) in [7, 11) is 0. The molecule has 2 aromatic carbocycles. The van der Waals surface area contributed by atoms with Gasteiger partial charge in [0, 0.05) is 15.0 Å². The molecule has 3 rings (SSSR count). The van der Waals surface area contributed by atoms with E-state index in [4.69, 9.17) is 23.2 Å². The van der Waals surface area contributed by atoms with Gasteiger partial charge in [0.05, 0.1) is 22.3 Å². The van der Waals surface area contributed by atoms with E-state index in [0.29, 0.717) is 22.3 Å². The molecule has 0 amide bonds. The molecular weight excluding hydrogens is 316 g/mol. The molecule has 1 N–H and O–H groups in total. The molecule has 20 heavy (non-hydrogen) atoms. The zero-order chi connectivity index (χ0) is 14.1. The Kier molecular flexibility index (Phi) is 3.83. The normalized spacial score (nSPS) is 10.9. The maximum atomic E-state index is 13.7. The maximum Gasteiger partial charge on any atom is 0.147 e. The number of anilines is 1. The van der Waals surface area contributed by atoms with Gasteiger partial charge in [0.2, 0.25) is 0 Å². The lowest BCUT2D eigenvalue weighted by molar-refractivity contribution is 0.630. The lowest BCUT2D eigenvalue weighted by Crippen LogP contribution is -2.00. The average molecular weight is 326 g/mol. The van der Waals surface area contributed by atoms with Crippen LogP contribution in [0.3, 0.4) is 0 Å². The summed E-state index contributed by atoms with van der Waals surface area (Å²) in [5.41, 5.74) is 0.308. The van der Waals surface area contributed by atoms with E-state index in [9.17, 15) is 4.39 Å². The zero-order valence-electron chi connectivity index (χ0n) is 10.3. The minimum Gasteiger partial charge on any atom is -0.377 e.